The largest absolute Gasteiger partial charge is 0.337 e. The summed E-state index contributed by atoms with van der Waals surface area (Å²) in [5, 5.41) is 8.68. The molecule has 0 unspecified atom stereocenters. The minimum absolute atomic E-state index is 0.00885. The van der Waals surface area contributed by atoms with Crippen molar-refractivity contribution >= 4 is 27.4 Å². The second-order valence-electron chi connectivity index (χ2n) is 6.58. The van der Waals surface area contributed by atoms with E-state index in [1.807, 2.05) is 47.2 Å². The molecule has 0 saturated carbocycles. The zero-order valence-corrected chi connectivity index (χ0v) is 15.7. The first-order valence-electron chi connectivity index (χ1n) is 8.52. The van der Waals surface area contributed by atoms with E-state index < -0.39 is 0 Å². The van der Waals surface area contributed by atoms with Crippen LogP contribution < -0.4 is 0 Å². The van der Waals surface area contributed by atoms with Gasteiger partial charge in [0.15, 0.2) is 5.69 Å². The van der Waals surface area contributed by atoms with Crippen molar-refractivity contribution in [3.63, 3.8) is 0 Å². The van der Waals surface area contributed by atoms with Crippen molar-refractivity contribution in [2.24, 2.45) is 13.0 Å². The molecule has 3 aromatic heterocycles. The third-order valence-electron chi connectivity index (χ3n) is 5.00. The number of carbonyl (C=O) groups is 1. The molecule has 1 saturated heterocycles. The molecule has 0 radical (unpaired) electrons. The summed E-state index contributed by atoms with van der Waals surface area (Å²) in [5.41, 5.74) is 2.67. The van der Waals surface area contributed by atoms with Crippen molar-refractivity contribution in [3.05, 3.63) is 52.5 Å². The summed E-state index contributed by atoms with van der Waals surface area (Å²) in [7, 11) is 1.98. The van der Waals surface area contributed by atoms with E-state index in [9.17, 15) is 4.79 Å². The number of amides is 1. The average Bonchev–Trinajstić information content (AvgIpc) is 3.19. The molecule has 1 aliphatic heterocycles. The molecular weight excluding hydrogens is 382 g/mol. The maximum absolute atomic E-state index is 12.9. The number of likely N-dealkylation sites (tertiary alicyclic amines) is 1. The van der Waals surface area contributed by atoms with Crippen molar-refractivity contribution in [2.45, 2.75) is 19.3 Å². The van der Waals surface area contributed by atoms with E-state index >= 15 is 0 Å². The molecule has 1 amide bonds. The standard InChI is InChI=1S/C18H20BrN5O/c1-22-14(5-8-20-22)12-13-6-10-23(11-7-13)18(25)17-16(19)15-4-2-3-9-24(15)21-17/h2-5,8-9,13H,6-7,10-12H2,1H3. The first-order valence-corrected chi connectivity index (χ1v) is 9.32. The van der Waals surface area contributed by atoms with Gasteiger partial charge >= 0.3 is 0 Å². The first kappa shape index (κ1) is 16.3. The quantitative estimate of drug-likeness (QED) is 0.677. The molecule has 6 nitrogen and oxygen atoms in total. The van der Waals surface area contributed by atoms with Crippen molar-refractivity contribution < 1.29 is 4.79 Å². The lowest BCUT2D eigenvalue weighted by Gasteiger charge is -2.31. The number of rotatable bonds is 3. The van der Waals surface area contributed by atoms with Crippen LogP contribution in [0.25, 0.3) is 5.52 Å². The summed E-state index contributed by atoms with van der Waals surface area (Å²) < 4.78 is 4.45. The molecule has 0 bridgehead atoms. The Labute approximate surface area is 154 Å². The van der Waals surface area contributed by atoms with E-state index in [1.165, 1.54) is 5.69 Å². The number of carbonyl (C=O) groups excluding carboxylic acids is 1. The fourth-order valence-electron chi connectivity index (χ4n) is 3.49. The highest BCUT2D eigenvalue weighted by Gasteiger charge is 2.27. The summed E-state index contributed by atoms with van der Waals surface area (Å²) in [5.74, 6) is 0.610. The molecule has 4 rings (SSSR count). The van der Waals surface area contributed by atoms with Crippen LogP contribution in [-0.4, -0.2) is 43.3 Å². The van der Waals surface area contributed by atoms with Crippen LogP contribution in [0.5, 0.6) is 0 Å². The zero-order valence-electron chi connectivity index (χ0n) is 14.1. The molecule has 0 aromatic carbocycles. The van der Waals surface area contributed by atoms with Gasteiger partial charge in [-0.25, -0.2) is 4.52 Å². The number of hydrogen-bond acceptors (Lipinski definition) is 3. The van der Waals surface area contributed by atoms with E-state index in [1.54, 1.807) is 4.52 Å². The lowest BCUT2D eigenvalue weighted by molar-refractivity contribution is 0.0682. The lowest BCUT2D eigenvalue weighted by atomic mass is 9.92. The predicted octanol–water partition coefficient (Wildman–Crippen LogP) is 2.93. The smallest absolute Gasteiger partial charge is 0.275 e. The van der Waals surface area contributed by atoms with Gasteiger partial charge < -0.3 is 4.90 Å². The van der Waals surface area contributed by atoms with Crippen LogP contribution in [0.1, 0.15) is 29.0 Å². The highest BCUT2D eigenvalue weighted by atomic mass is 79.9. The Balaban J connectivity index is 1.44. The second-order valence-corrected chi connectivity index (χ2v) is 7.37. The Bertz CT molecular complexity index is 907. The van der Waals surface area contributed by atoms with Gasteiger partial charge in [0, 0.05) is 38.2 Å². The number of nitrogens with zero attached hydrogens (tertiary/aromatic N) is 5. The summed E-state index contributed by atoms with van der Waals surface area (Å²) in [6.45, 7) is 1.56. The van der Waals surface area contributed by atoms with Gasteiger partial charge in [-0.15, -0.1) is 0 Å². The van der Waals surface area contributed by atoms with E-state index in [0.29, 0.717) is 11.6 Å². The molecule has 130 valence electrons. The Morgan fingerprint density at radius 3 is 2.76 bits per heavy atom. The van der Waals surface area contributed by atoms with Gasteiger partial charge in [0.05, 0.1) is 9.99 Å². The van der Waals surface area contributed by atoms with Crippen molar-refractivity contribution in [1.29, 1.82) is 0 Å². The molecule has 0 atom stereocenters. The number of halogens is 1. The average molecular weight is 402 g/mol. The molecule has 0 N–H and O–H groups in total. The lowest BCUT2D eigenvalue weighted by Crippen LogP contribution is -2.39. The van der Waals surface area contributed by atoms with Crippen molar-refractivity contribution in [1.82, 2.24) is 24.3 Å². The molecule has 25 heavy (non-hydrogen) atoms. The molecule has 1 aliphatic rings. The van der Waals surface area contributed by atoms with Gasteiger partial charge in [-0.1, -0.05) is 6.07 Å². The fourth-order valence-corrected chi connectivity index (χ4v) is 4.06. The third kappa shape index (κ3) is 3.08. The summed E-state index contributed by atoms with van der Waals surface area (Å²) in [4.78, 5) is 14.8. The van der Waals surface area contributed by atoms with Gasteiger partial charge in [0.1, 0.15) is 0 Å². The highest BCUT2D eigenvalue weighted by molar-refractivity contribution is 9.10. The highest BCUT2D eigenvalue weighted by Crippen LogP contribution is 2.26. The molecular formula is C18H20BrN5O. The third-order valence-corrected chi connectivity index (χ3v) is 5.79. The normalized spacial score (nSPS) is 15.8. The van der Waals surface area contributed by atoms with Crippen LogP contribution >= 0.6 is 15.9 Å². The molecule has 4 heterocycles. The van der Waals surface area contributed by atoms with Crippen LogP contribution in [0.4, 0.5) is 0 Å². The zero-order chi connectivity index (χ0) is 17.4. The number of hydrogen-bond donors (Lipinski definition) is 0. The van der Waals surface area contributed by atoms with Gasteiger partial charge in [0.2, 0.25) is 0 Å². The van der Waals surface area contributed by atoms with Crippen LogP contribution in [0.15, 0.2) is 41.1 Å². The predicted molar refractivity (Wildman–Crippen MR) is 98.4 cm³/mol. The van der Waals surface area contributed by atoms with E-state index in [2.05, 4.69) is 32.2 Å². The molecule has 1 fully saturated rings. The van der Waals surface area contributed by atoms with Crippen molar-refractivity contribution in [2.75, 3.05) is 13.1 Å². The van der Waals surface area contributed by atoms with Gasteiger partial charge in [-0.2, -0.15) is 10.2 Å². The first-order chi connectivity index (χ1) is 12.1. The molecule has 0 aliphatic carbocycles. The Kier molecular flexibility index (Phi) is 4.33. The summed E-state index contributed by atoms with van der Waals surface area (Å²) in [6, 6.07) is 7.88. The van der Waals surface area contributed by atoms with Crippen LogP contribution in [-0.2, 0) is 13.5 Å². The Morgan fingerprint density at radius 2 is 2.08 bits per heavy atom. The minimum atomic E-state index is 0.00885. The fraction of sp³-hybridized carbons (Fsp3) is 0.389. The van der Waals surface area contributed by atoms with Gasteiger partial charge in [-0.3, -0.25) is 9.48 Å². The van der Waals surface area contributed by atoms with E-state index in [0.717, 1.165) is 42.3 Å². The van der Waals surface area contributed by atoms with E-state index in [4.69, 9.17) is 0 Å². The SMILES string of the molecule is Cn1nccc1CC1CCN(C(=O)c2nn3ccccc3c2Br)CC1. The topological polar surface area (TPSA) is 55.4 Å². The molecule has 7 heteroatoms. The number of fused-ring (bicyclic) bond motifs is 1. The molecule has 3 aromatic rings. The van der Waals surface area contributed by atoms with Crippen LogP contribution in [0.3, 0.4) is 0 Å². The Hall–Kier alpha value is -2.15. The van der Waals surface area contributed by atoms with Crippen LogP contribution in [0, 0.1) is 5.92 Å². The van der Waals surface area contributed by atoms with Crippen LogP contribution in [0.2, 0.25) is 0 Å². The number of aryl methyl sites for hydroxylation is 1. The maximum Gasteiger partial charge on any atom is 0.275 e. The van der Waals surface area contributed by atoms with Crippen molar-refractivity contribution in [3.8, 4) is 0 Å². The number of piperidine rings is 1. The molecule has 0 spiro atoms. The minimum Gasteiger partial charge on any atom is -0.337 e. The number of pyridine rings is 1. The number of aromatic nitrogens is 4. The summed E-state index contributed by atoms with van der Waals surface area (Å²) >= 11 is 3.54. The monoisotopic (exact) mass is 401 g/mol. The van der Waals surface area contributed by atoms with Gasteiger partial charge in [-0.05, 0) is 59.3 Å². The second kappa shape index (κ2) is 6.63. The summed E-state index contributed by atoms with van der Waals surface area (Å²) in [6.07, 6.45) is 6.76. The van der Waals surface area contributed by atoms with E-state index in [-0.39, 0.29) is 5.91 Å². The maximum atomic E-state index is 12.9. The Morgan fingerprint density at radius 1 is 1.28 bits per heavy atom. The van der Waals surface area contributed by atoms with Gasteiger partial charge in [0.25, 0.3) is 5.91 Å².